The van der Waals surface area contributed by atoms with Gasteiger partial charge in [-0.3, -0.25) is 9.69 Å². The third-order valence-corrected chi connectivity index (χ3v) is 4.92. The van der Waals surface area contributed by atoms with Crippen LogP contribution in [0, 0.1) is 6.92 Å². The van der Waals surface area contributed by atoms with Gasteiger partial charge in [-0.2, -0.15) is 0 Å². The van der Waals surface area contributed by atoms with Crippen molar-refractivity contribution < 1.29 is 4.79 Å². The van der Waals surface area contributed by atoms with Gasteiger partial charge in [-0.25, -0.2) is 4.68 Å². The second-order valence-electron chi connectivity index (χ2n) is 6.88. The molecule has 1 fully saturated rings. The summed E-state index contributed by atoms with van der Waals surface area (Å²) >= 11 is 0. The van der Waals surface area contributed by atoms with E-state index in [1.807, 2.05) is 29.2 Å². The molecule has 2 heterocycles. The smallest absolute Gasteiger partial charge is 0.244 e. The molecule has 0 spiro atoms. The Morgan fingerprint density at radius 2 is 1.85 bits per heavy atom. The molecule has 0 radical (unpaired) electrons. The van der Waals surface area contributed by atoms with Gasteiger partial charge in [0, 0.05) is 32.7 Å². The lowest BCUT2D eigenvalue weighted by molar-refractivity contribution is -0.133. The molecule has 1 aromatic heterocycles. The molecule has 2 aromatic carbocycles. The third-order valence-electron chi connectivity index (χ3n) is 4.92. The summed E-state index contributed by atoms with van der Waals surface area (Å²) in [5.74, 6) is 0.107. The molecule has 1 amide bonds. The lowest BCUT2D eigenvalue weighted by Crippen LogP contribution is -2.49. The van der Waals surface area contributed by atoms with E-state index in [1.165, 1.54) is 11.1 Å². The van der Waals surface area contributed by atoms with E-state index in [-0.39, 0.29) is 12.5 Å². The number of nitrogens with zero attached hydrogens (tertiary/aromatic N) is 5. The number of benzene rings is 2. The van der Waals surface area contributed by atoms with Crippen LogP contribution in [0.1, 0.15) is 11.1 Å². The summed E-state index contributed by atoms with van der Waals surface area (Å²) in [4.78, 5) is 17.0. The minimum Gasteiger partial charge on any atom is -0.339 e. The van der Waals surface area contributed by atoms with Gasteiger partial charge >= 0.3 is 0 Å². The molecule has 0 unspecified atom stereocenters. The maximum atomic E-state index is 12.6. The molecular weight excluding hydrogens is 326 g/mol. The van der Waals surface area contributed by atoms with Crippen LogP contribution >= 0.6 is 0 Å². The van der Waals surface area contributed by atoms with Gasteiger partial charge < -0.3 is 4.90 Å². The van der Waals surface area contributed by atoms with E-state index >= 15 is 0 Å². The normalized spacial score (nSPS) is 15.5. The maximum Gasteiger partial charge on any atom is 0.244 e. The van der Waals surface area contributed by atoms with Gasteiger partial charge in [-0.1, -0.05) is 47.2 Å². The molecule has 6 nitrogen and oxygen atoms in total. The number of rotatable bonds is 4. The number of hydrogen-bond donors (Lipinski definition) is 0. The molecule has 6 heteroatoms. The number of hydrogen-bond acceptors (Lipinski definition) is 4. The number of piperazine rings is 1. The van der Waals surface area contributed by atoms with Crippen LogP contribution in [0.2, 0.25) is 0 Å². The Morgan fingerprint density at radius 1 is 1.04 bits per heavy atom. The van der Waals surface area contributed by atoms with Crippen molar-refractivity contribution in [1.82, 2.24) is 24.8 Å². The van der Waals surface area contributed by atoms with Gasteiger partial charge in [0.15, 0.2) is 0 Å². The summed E-state index contributed by atoms with van der Waals surface area (Å²) in [6.45, 7) is 6.63. The molecule has 1 aliphatic heterocycles. The molecular formula is C20H23N5O. The van der Waals surface area contributed by atoms with Gasteiger partial charge in [-0.15, -0.1) is 5.10 Å². The fraction of sp³-hybridized carbons (Fsp3) is 0.350. The molecule has 0 bridgehead atoms. The van der Waals surface area contributed by atoms with Gasteiger partial charge in [0.1, 0.15) is 12.1 Å². The standard InChI is InChI=1S/C20H23N5O/c1-16-5-4-6-17(13-16)14-23-9-11-24(12-10-23)20(26)15-25-19-8-3-2-7-18(19)21-22-25/h2-8,13H,9-12,14-15H2,1H3. The van der Waals surface area contributed by atoms with Crippen LogP contribution in [0.15, 0.2) is 48.5 Å². The fourth-order valence-electron chi connectivity index (χ4n) is 3.49. The molecule has 3 aromatic rings. The highest BCUT2D eigenvalue weighted by Crippen LogP contribution is 2.13. The van der Waals surface area contributed by atoms with Crippen LogP contribution in [0.5, 0.6) is 0 Å². The third kappa shape index (κ3) is 3.60. The van der Waals surface area contributed by atoms with E-state index < -0.39 is 0 Å². The van der Waals surface area contributed by atoms with E-state index in [4.69, 9.17) is 0 Å². The van der Waals surface area contributed by atoms with Crippen molar-refractivity contribution in [2.45, 2.75) is 20.0 Å². The lowest BCUT2D eigenvalue weighted by atomic mass is 10.1. The highest BCUT2D eigenvalue weighted by molar-refractivity contribution is 5.79. The van der Waals surface area contributed by atoms with Gasteiger partial charge in [0.05, 0.1) is 5.52 Å². The minimum absolute atomic E-state index is 0.107. The van der Waals surface area contributed by atoms with Crippen molar-refractivity contribution in [3.63, 3.8) is 0 Å². The van der Waals surface area contributed by atoms with Crippen molar-refractivity contribution >= 4 is 16.9 Å². The summed E-state index contributed by atoms with van der Waals surface area (Å²) in [6.07, 6.45) is 0. The largest absolute Gasteiger partial charge is 0.339 e. The molecule has 0 atom stereocenters. The fourth-order valence-corrected chi connectivity index (χ4v) is 3.49. The summed E-state index contributed by atoms with van der Waals surface area (Å²) in [6, 6.07) is 16.3. The van der Waals surface area contributed by atoms with Crippen LogP contribution in [-0.4, -0.2) is 56.9 Å². The second-order valence-corrected chi connectivity index (χ2v) is 6.88. The zero-order chi connectivity index (χ0) is 17.9. The Hall–Kier alpha value is -2.73. The van der Waals surface area contributed by atoms with Crippen molar-refractivity contribution in [2.24, 2.45) is 0 Å². The van der Waals surface area contributed by atoms with Gasteiger partial charge in [0.25, 0.3) is 0 Å². The average molecular weight is 349 g/mol. The predicted octanol–water partition coefficient (Wildman–Crippen LogP) is 2.08. The van der Waals surface area contributed by atoms with E-state index in [1.54, 1.807) is 4.68 Å². The monoisotopic (exact) mass is 349 g/mol. The molecule has 134 valence electrons. The van der Waals surface area contributed by atoms with Crippen molar-refractivity contribution in [3.8, 4) is 0 Å². The Bertz CT molecular complexity index is 911. The number of amides is 1. The first-order valence-corrected chi connectivity index (χ1v) is 9.03. The first-order chi connectivity index (χ1) is 12.7. The SMILES string of the molecule is Cc1cccc(CN2CCN(C(=O)Cn3nnc4ccccc43)CC2)c1. The van der Waals surface area contributed by atoms with Crippen LogP contribution in [-0.2, 0) is 17.9 Å². The minimum atomic E-state index is 0.107. The second kappa shape index (κ2) is 7.25. The van der Waals surface area contributed by atoms with Gasteiger partial charge in [-0.05, 0) is 24.6 Å². The highest BCUT2D eigenvalue weighted by Gasteiger charge is 2.22. The number of aromatic nitrogens is 3. The van der Waals surface area contributed by atoms with Gasteiger partial charge in [0.2, 0.25) is 5.91 Å². The van der Waals surface area contributed by atoms with E-state index in [0.717, 1.165) is 43.8 Å². The van der Waals surface area contributed by atoms with Crippen LogP contribution < -0.4 is 0 Å². The first-order valence-electron chi connectivity index (χ1n) is 9.03. The van der Waals surface area contributed by atoms with Crippen molar-refractivity contribution in [3.05, 3.63) is 59.7 Å². The molecule has 1 saturated heterocycles. The Balaban J connectivity index is 1.33. The first kappa shape index (κ1) is 16.7. The Labute approximate surface area is 153 Å². The number of para-hydroxylation sites is 1. The number of carbonyl (C=O) groups excluding carboxylic acids is 1. The number of fused-ring (bicyclic) bond motifs is 1. The van der Waals surface area contributed by atoms with Crippen molar-refractivity contribution in [1.29, 1.82) is 0 Å². The zero-order valence-electron chi connectivity index (χ0n) is 15.0. The molecule has 0 aliphatic carbocycles. The topological polar surface area (TPSA) is 54.3 Å². The number of aryl methyl sites for hydroxylation is 1. The Kier molecular flexibility index (Phi) is 4.67. The summed E-state index contributed by atoms with van der Waals surface area (Å²) in [5.41, 5.74) is 4.34. The average Bonchev–Trinajstić information content (AvgIpc) is 3.05. The maximum absolute atomic E-state index is 12.6. The summed E-state index contributed by atoms with van der Waals surface area (Å²) < 4.78 is 1.69. The highest BCUT2D eigenvalue weighted by atomic mass is 16.2. The van der Waals surface area contributed by atoms with Crippen LogP contribution in [0.4, 0.5) is 0 Å². The van der Waals surface area contributed by atoms with E-state index in [2.05, 4.69) is 46.4 Å². The van der Waals surface area contributed by atoms with Crippen LogP contribution in [0.25, 0.3) is 11.0 Å². The summed E-state index contributed by atoms with van der Waals surface area (Å²) in [7, 11) is 0. The van der Waals surface area contributed by atoms with E-state index in [0.29, 0.717) is 0 Å². The zero-order valence-corrected chi connectivity index (χ0v) is 15.0. The Morgan fingerprint density at radius 3 is 2.65 bits per heavy atom. The molecule has 0 N–H and O–H groups in total. The quantitative estimate of drug-likeness (QED) is 0.724. The molecule has 1 aliphatic rings. The molecule has 4 rings (SSSR count). The summed E-state index contributed by atoms with van der Waals surface area (Å²) in [5, 5.41) is 8.23. The predicted molar refractivity (Wildman–Crippen MR) is 101 cm³/mol. The molecule has 26 heavy (non-hydrogen) atoms. The lowest BCUT2D eigenvalue weighted by Gasteiger charge is -2.34. The van der Waals surface area contributed by atoms with E-state index in [9.17, 15) is 4.79 Å². The van der Waals surface area contributed by atoms with Crippen LogP contribution in [0.3, 0.4) is 0 Å². The molecule has 0 saturated carbocycles. The number of carbonyl (C=O) groups is 1. The van der Waals surface area contributed by atoms with Crippen molar-refractivity contribution in [2.75, 3.05) is 26.2 Å².